The van der Waals surface area contributed by atoms with Crippen LogP contribution in [0.15, 0.2) is 333 Å². The number of fused-ring (bicyclic) bond motifs is 9. The molecule has 0 aromatic heterocycles. The fourth-order valence-electron chi connectivity index (χ4n) is 21.2. The van der Waals surface area contributed by atoms with Gasteiger partial charge in [-0.2, -0.15) is 0 Å². The van der Waals surface area contributed by atoms with Crippen molar-refractivity contribution < 1.29 is 24.9 Å². The molecular formula is C118H140N8O4S2. The Kier molecular flexibility index (Phi) is 28.0. The fourth-order valence-corrected chi connectivity index (χ4v) is 23.4. The van der Waals surface area contributed by atoms with Crippen molar-refractivity contribution in [3.05, 3.63) is 368 Å². The molecule has 0 fully saturated rings. The minimum atomic E-state index is -0.399. The number of hydrogen-bond donors (Lipinski definition) is 0. The van der Waals surface area contributed by atoms with Crippen molar-refractivity contribution in [2.24, 2.45) is 0 Å². The van der Waals surface area contributed by atoms with Crippen LogP contribution in [0, 0.1) is 0 Å². The summed E-state index contributed by atoms with van der Waals surface area (Å²) in [5, 5.41) is 2.07. The maximum Gasteiger partial charge on any atom is 0.197 e. The SMILES string of the molecule is C=C=C=CN1/C(=C2/C(=O)/C(=C3/N(CCCC)c4ccccc4C3(C)C)c3ccccc32)C(C)(C)c2ccccc21.CCCCN1/C(=C/C(=O)/C=C2/N(CCCC)c3ccccc3C2(C)C)C(C)(C)c2ccccc21.CCCCN1/C(=C/C(=O)/C=C2\Sc3ccccc3N2CCCC)Sc2ccccc21.CN1/C(=C/C(=O)/C=C2/N(C)c3ccccc3C2(C)C)C(C)(C)c2ccccc21.[HH].[HH].[HH].[HH]. The topological polar surface area (TPSA) is 94.2 Å². The van der Waals surface area contributed by atoms with E-state index in [0.29, 0.717) is 0 Å². The van der Waals surface area contributed by atoms with Crippen molar-refractivity contribution in [1.82, 2.24) is 0 Å². The molecule has 9 aromatic rings. The van der Waals surface area contributed by atoms with E-state index in [4.69, 9.17) is 0 Å². The van der Waals surface area contributed by atoms with E-state index < -0.39 is 5.41 Å². The number of anilines is 8. The van der Waals surface area contributed by atoms with Crippen molar-refractivity contribution in [3.8, 4) is 0 Å². The van der Waals surface area contributed by atoms with E-state index in [1.54, 1.807) is 35.7 Å². The number of hydrogen-bond acceptors (Lipinski definition) is 14. The number of allylic oxidation sites excluding steroid dienone is 14. The zero-order valence-corrected chi connectivity index (χ0v) is 82.8. The highest BCUT2D eigenvalue weighted by molar-refractivity contribution is 8.04. The Morgan fingerprint density at radius 3 is 0.977 bits per heavy atom. The van der Waals surface area contributed by atoms with Crippen LogP contribution in [-0.2, 0) is 51.7 Å². The third-order valence-corrected chi connectivity index (χ3v) is 30.4. The number of thioether (sulfide) groups is 2. The highest BCUT2D eigenvalue weighted by atomic mass is 32.2. The summed E-state index contributed by atoms with van der Waals surface area (Å²) < 4.78 is 0. The lowest BCUT2D eigenvalue weighted by Gasteiger charge is -2.29. The molecule has 132 heavy (non-hydrogen) atoms. The van der Waals surface area contributed by atoms with E-state index in [1.807, 2.05) is 68.9 Å². The second-order valence-corrected chi connectivity index (χ2v) is 41.2. The third-order valence-electron chi connectivity index (χ3n) is 28.2. The van der Waals surface area contributed by atoms with Gasteiger partial charge in [-0.3, -0.25) is 19.2 Å². The first kappa shape index (κ1) is 94.6. The first-order chi connectivity index (χ1) is 63.3. The summed E-state index contributed by atoms with van der Waals surface area (Å²) in [5.74, 6) is 0.263. The Balaban J connectivity index is 0.000000174. The van der Waals surface area contributed by atoms with E-state index in [9.17, 15) is 14.4 Å². The molecule has 0 bridgehead atoms. The molecule has 0 unspecified atom stereocenters. The monoisotopic (exact) mass is 1800 g/mol. The summed E-state index contributed by atoms with van der Waals surface area (Å²) >= 11 is 3.40. The minimum Gasteiger partial charge on any atom is -0.347 e. The quantitative estimate of drug-likeness (QED) is 0.0476. The smallest absolute Gasteiger partial charge is 0.197 e. The summed E-state index contributed by atoms with van der Waals surface area (Å²) in [5.41, 5.74) is 31.4. The average Bonchev–Trinajstić information content (AvgIpc) is 1.53. The molecule has 1 aliphatic carbocycles. The molecule has 9 aliphatic rings. The van der Waals surface area contributed by atoms with Gasteiger partial charge in [-0.1, -0.05) is 343 Å². The predicted molar refractivity (Wildman–Crippen MR) is 566 cm³/mol. The zero-order valence-electron chi connectivity index (χ0n) is 81.2. The Hall–Kier alpha value is -12.0. The Morgan fingerprint density at radius 2 is 0.598 bits per heavy atom. The van der Waals surface area contributed by atoms with Gasteiger partial charge >= 0.3 is 0 Å². The summed E-state index contributed by atoms with van der Waals surface area (Å²) in [7, 11) is 4.09. The number of para-hydroxylation sites is 8. The van der Waals surface area contributed by atoms with Crippen LogP contribution in [0.4, 0.5) is 45.5 Å². The molecule has 0 saturated heterocycles. The summed E-state index contributed by atoms with van der Waals surface area (Å²) in [6.45, 7) is 46.1. The highest BCUT2D eigenvalue weighted by Gasteiger charge is 2.51. The molecular weight excluding hydrogens is 1660 g/mol. The molecule has 8 aliphatic heterocycles. The normalized spacial score (nSPS) is 20.4. The zero-order chi connectivity index (χ0) is 93.9. The van der Waals surface area contributed by atoms with Crippen LogP contribution in [-0.4, -0.2) is 70.0 Å². The van der Waals surface area contributed by atoms with E-state index in [1.165, 1.54) is 83.0 Å². The van der Waals surface area contributed by atoms with Crippen molar-refractivity contribution in [2.45, 2.75) is 224 Å². The Morgan fingerprint density at radius 1 is 0.326 bits per heavy atom. The number of carbonyl (C=O) groups excluding carboxylic acids is 4. The van der Waals surface area contributed by atoms with E-state index in [2.05, 4.69) is 369 Å². The van der Waals surface area contributed by atoms with Crippen LogP contribution in [0.5, 0.6) is 0 Å². The molecule has 0 spiro atoms. The standard InChI is InChI=1S/C37H36N2O.C31H40N2O.C25H28N2OS2.C25H28N2O.4H2/c1-7-9-23-38-29-21-15-13-19-27(29)36(3,4)34(38)31-25-17-11-12-18-26(25)32(33(31)40)35-37(5,6)28-20-14-16-22-30(28)39(35)24-10-8-2;1-7-9-19-32-26-17-13-11-15-24(26)30(3,4)28(32)21-23(34)22-29-31(5,6)25-16-12-14-18-27(25)33(29)20-10-8-2;1-3-5-15-26-20-11-7-9-13-22(20)29-24(26)17-19(28)18-25-27(16-6-4-2)21-12-8-10-14-23(21)30-25;1-24(2)18-11-7-9-13-20(18)26(5)22(24)15-17(28)16-23-25(3,4)19-12-8-10-14-21(19)27(23)6;;;;/h11-23H,1,8,10,24H2,2-6H3;11-18,21-22H,7-10,19-20H2,1-6H3;7-14,17-18H,3-6,15-16H2,1-2H3;7-16H,1-6H3;4*1H/b34-31+,35-32+;28-21+,29-22+;24-17-,25-18-;22-15+,23-16+;;;;. The van der Waals surface area contributed by atoms with Gasteiger partial charge in [0.05, 0.1) is 44.5 Å². The van der Waals surface area contributed by atoms with E-state index in [0.717, 1.165) is 169 Å². The molecule has 18 rings (SSSR count). The van der Waals surface area contributed by atoms with Gasteiger partial charge in [0.2, 0.25) is 0 Å². The van der Waals surface area contributed by atoms with E-state index >= 15 is 4.79 Å². The minimum absolute atomic E-state index is 0. The molecule has 0 N–H and O–H groups in total. The van der Waals surface area contributed by atoms with Crippen molar-refractivity contribution in [2.75, 3.05) is 86.0 Å². The van der Waals surface area contributed by atoms with Crippen LogP contribution in [0.2, 0.25) is 0 Å². The van der Waals surface area contributed by atoms with Crippen molar-refractivity contribution >= 4 is 103 Å². The van der Waals surface area contributed by atoms with Crippen LogP contribution in [0.25, 0.3) is 11.1 Å². The van der Waals surface area contributed by atoms with Gasteiger partial charge in [-0.15, -0.1) is 0 Å². The molecule has 12 nitrogen and oxygen atoms in total. The number of likely N-dealkylation sites (N-methyl/N-ethyl adjacent to an activating group) is 2. The predicted octanol–water partition coefficient (Wildman–Crippen LogP) is 29.3. The summed E-state index contributed by atoms with van der Waals surface area (Å²) in [6.07, 6.45) is 24.0. The largest absolute Gasteiger partial charge is 0.347 e. The van der Waals surface area contributed by atoms with Crippen LogP contribution in [0.1, 0.15) is 232 Å². The number of carbonyl (C=O) groups is 4. The van der Waals surface area contributed by atoms with Crippen LogP contribution >= 0.6 is 23.5 Å². The van der Waals surface area contributed by atoms with Gasteiger partial charge < -0.3 is 39.2 Å². The van der Waals surface area contributed by atoms with Crippen molar-refractivity contribution in [1.29, 1.82) is 0 Å². The second-order valence-electron chi connectivity index (χ2n) is 39.1. The Labute approximate surface area is 801 Å². The number of Topliss-reactive ketones (excluding diaryl/α,β-unsaturated/α-hetero) is 1. The molecule has 14 heteroatoms. The average molecular weight is 1800 g/mol. The van der Waals surface area contributed by atoms with Gasteiger partial charge in [0.25, 0.3) is 0 Å². The van der Waals surface area contributed by atoms with Gasteiger partial charge in [0.1, 0.15) is 0 Å². The number of ketones is 4. The Bertz CT molecular complexity index is 6120. The lowest BCUT2D eigenvalue weighted by Crippen LogP contribution is -2.30. The molecule has 0 radical (unpaired) electrons. The number of unbranched alkanes of at least 4 members (excludes halogenated alkanes) is 5. The lowest BCUT2D eigenvalue weighted by atomic mass is 9.80. The number of nitrogens with zero attached hydrogens (tertiary/aromatic N) is 8. The van der Waals surface area contributed by atoms with Gasteiger partial charge in [-0.25, -0.2) is 0 Å². The third kappa shape index (κ3) is 17.6. The molecule has 9 aromatic carbocycles. The number of rotatable bonds is 22. The highest BCUT2D eigenvalue weighted by Crippen LogP contribution is 2.59. The molecule has 0 amide bonds. The molecule has 8 heterocycles. The van der Waals surface area contributed by atoms with Crippen LogP contribution in [0.3, 0.4) is 0 Å². The lowest BCUT2D eigenvalue weighted by molar-refractivity contribution is -0.111. The van der Waals surface area contributed by atoms with E-state index in [-0.39, 0.29) is 55.9 Å². The van der Waals surface area contributed by atoms with Crippen molar-refractivity contribution in [3.63, 3.8) is 0 Å². The molecule has 688 valence electrons. The van der Waals surface area contributed by atoms with Gasteiger partial charge in [-0.05, 0) is 144 Å². The molecule has 0 saturated carbocycles. The second kappa shape index (κ2) is 39.0. The van der Waals surface area contributed by atoms with Crippen LogP contribution < -0.4 is 39.2 Å². The number of benzene rings is 9. The van der Waals surface area contributed by atoms with Gasteiger partial charge in [0, 0.05) is 194 Å². The summed E-state index contributed by atoms with van der Waals surface area (Å²) in [6, 6.07) is 76.2. The van der Waals surface area contributed by atoms with Gasteiger partial charge in [0.15, 0.2) is 23.1 Å². The first-order valence-corrected chi connectivity index (χ1v) is 49.4. The maximum atomic E-state index is 15.0. The maximum absolute atomic E-state index is 15.0. The first-order valence-electron chi connectivity index (χ1n) is 47.8. The molecule has 0 atom stereocenters. The fraction of sp³-hybridized carbons (Fsp3) is 0.339. The summed E-state index contributed by atoms with van der Waals surface area (Å²) in [4.78, 5) is 75.5.